The molecule has 0 unspecified atom stereocenters. The van der Waals surface area contributed by atoms with Crippen LogP contribution >= 0.6 is 23.2 Å². The Bertz CT molecular complexity index is 882. The summed E-state index contributed by atoms with van der Waals surface area (Å²) in [4.78, 5) is 4.07. The van der Waals surface area contributed by atoms with E-state index in [1.165, 1.54) is 12.4 Å². The molecule has 0 fully saturated rings. The van der Waals surface area contributed by atoms with E-state index in [0.717, 1.165) is 17.7 Å². The van der Waals surface area contributed by atoms with Crippen molar-refractivity contribution in [2.45, 2.75) is 18.8 Å². The summed E-state index contributed by atoms with van der Waals surface area (Å²) in [5.74, 6) is 0.391. The molecule has 4 nitrogen and oxygen atoms in total. The van der Waals surface area contributed by atoms with Gasteiger partial charge in [0.1, 0.15) is 12.2 Å². The molecule has 3 rings (SSSR count). The maximum Gasteiger partial charge on any atom is 0.416 e. The van der Waals surface area contributed by atoms with E-state index < -0.39 is 17.8 Å². The fourth-order valence-electron chi connectivity index (χ4n) is 2.51. The van der Waals surface area contributed by atoms with Gasteiger partial charge in [-0.2, -0.15) is 18.3 Å². The maximum atomic E-state index is 13.0. The summed E-state index contributed by atoms with van der Waals surface area (Å²) in [6, 6.07) is 9.44. The number of nitrogens with one attached hydrogen (secondary N) is 2. The van der Waals surface area contributed by atoms with E-state index in [1.54, 1.807) is 24.3 Å². The lowest BCUT2D eigenvalue weighted by Crippen LogP contribution is -2.24. The molecule has 26 heavy (non-hydrogen) atoms. The zero-order valence-corrected chi connectivity index (χ0v) is 14.7. The molecular formula is C17H13Cl2F3N4. The van der Waals surface area contributed by atoms with Gasteiger partial charge in [0.05, 0.1) is 11.6 Å². The molecular weight excluding hydrogens is 388 g/mol. The number of halogens is 5. The van der Waals surface area contributed by atoms with Gasteiger partial charge in [-0.05, 0) is 41.5 Å². The number of alkyl halides is 3. The van der Waals surface area contributed by atoms with Gasteiger partial charge in [-0.3, -0.25) is 10.4 Å². The number of nitrogens with zero attached hydrogens (tertiary/aromatic N) is 2. The SMILES string of the molecule is FC(F)(F)c1cccc([C@@H](NCc2cc(Cl)ccc2Cl)c2ncn[nH]2)c1. The fraction of sp³-hybridized carbons (Fsp3) is 0.176. The van der Waals surface area contributed by atoms with Gasteiger partial charge in [0.25, 0.3) is 0 Å². The molecule has 0 aliphatic carbocycles. The van der Waals surface area contributed by atoms with Crippen LogP contribution in [-0.2, 0) is 12.7 Å². The minimum absolute atomic E-state index is 0.279. The van der Waals surface area contributed by atoms with Crippen LogP contribution in [0.15, 0.2) is 48.8 Å². The van der Waals surface area contributed by atoms with Gasteiger partial charge in [0.2, 0.25) is 0 Å². The number of aromatic amines is 1. The molecule has 0 bridgehead atoms. The lowest BCUT2D eigenvalue weighted by atomic mass is 10.0. The molecule has 0 spiro atoms. The van der Waals surface area contributed by atoms with Crippen LogP contribution in [0.3, 0.4) is 0 Å². The van der Waals surface area contributed by atoms with E-state index in [1.807, 2.05) is 0 Å². The second-order valence-electron chi connectivity index (χ2n) is 5.54. The van der Waals surface area contributed by atoms with Gasteiger partial charge in [-0.25, -0.2) is 4.98 Å². The lowest BCUT2D eigenvalue weighted by molar-refractivity contribution is -0.137. The first-order chi connectivity index (χ1) is 12.3. The molecule has 0 amide bonds. The monoisotopic (exact) mass is 400 g/mol. The van der Waals surface area contributed by atoms with E-state index >= 15 is 0 Å². The van der Waals surface area contributed by atoms with E-state index in [2.05, 4.69) is 20.5 Å². The normalized spacial score (nSPS) is 13.0. The highest BCUT2D eigenvalue weighted by Crippen LogP contribution is 2.32. The Morgan fingerprint density at radius 2 is 1.92 bits per heavy atom. The molecule has 0 radical (unpaired) electrons. The summed E-state index contributed by atoms with van der Waals surface area (Å²) >= 11 is 12.1. The smallest absolute Gasteiger partial charge is 0.299 e. The van der Waals surface area contributed by atoms with Crippen LogP contribution in [-0.4, -0.2) is 15.2 Å². The van der Waals surface area contributed by atoms with Gasteiger partial charge in [0, 0.05) is 16.6 Å². The van der Waals surface area contributed by atoms with Gasteiger partial charge < -0.3 is 0 Å². The molecule has 1 atom stereocenters. The lowest BCUT2D eigenvalue weighted by Gasteiger charge is -2.19. The molecule has 9 heteroatoms. The number of hydrogen-bond acceptors (Lipinski definition) is 3. The average molecular weight is 401 g/mol. The van der Waals surface area contributed by atoms with E-state index in [9.17, 15) is 13.2 Å². The molecule has 0 saturated carbocycles. The average Bonchev–Trinajstić information content (AvgIpc) is 3.12. The number of benzene rings is 2. The first kappa shape index (κ1) is 18.7. The first-order valence-corrected chi connectivity index (χ1v) is 8.30. The molecule has 136 valence electrons. The number of rotatable bonds is 5. The van der Waals surface area contributed by atoms with Crippen molar-refractivity contribution in [2.24, 2.45) is 0 Å². The van der Waals surface area contributed by atoms with Crippen LogP contribution in [0.25, 0.3) is 0 Å². The second-order valence-corrected chi connectivity index (χ2v) is 6.39. The molecule has 0 aliphatic heterocycles. The van der Waals surface area contributed by atoms with Crippen LogP contribution in [0, 0.1) is 0 Å². The Morgan fingerprint density at radius 3 is 2.62 bits per heavy atom. The van der Waals surface area contributed by atoms with Gasteiger partial charge in [-0.15, -0.1) is 0 Å². The van der Waals surface area contributed by atoms with Crippen molar-refractivity contribution >= 4 is 23.2 Å². The largest absolute Gasteiger partial charge is 0.416 e. The highest BCUT2D eigenvalue weighted by atomic mass is 35.5. The maximum absolute atomic E-state index is 13.0. The van der Waals surface area contributed by atoms with Crippen molar-refractivity contribution in [2.75, 3.05) is 0 Å². The number of H-pyrrole nitrogens is 1. The van der Waals surface area contributed by atoms with E-state index in [-0.39, 0.29) is 6.54 Å². The van der Waals surface area contributed by atoms with Crippen molar-refractivity contribution in [3.05, 3.63) is 81.4 Å². The molecule has 0 saturated heterocycles. The second kappa shape index (κ2) is 7.65. The number of hydrogen-bond donors (Lipinski definition) is 2. The summed E-state index contributed by atoms with van der Waals surface area (Å²) in [5.41, 5.74) is 0.382. The molecule has 2 aromatic carbocycles. The molecule has 3 aromatic rings. The van der Waals surface area contributed by atoms with E-state index in [0.29, 0.717) is 21.4 Å². The Morgan fingerprint density at radius 1 is 1.12 bits per heavy atom. The molecule has 1 aromatic heterocycles. The summed E-state index contributed by atoms with van der Waals surface area (Å²) in [7, 11) is 0. The standard InChI is InChI=1S/C17H13Cl2F3N4/c18-13-4-5-14(19)11(7-13)8-23-15(16-24-9-25-26-16)10-2-1-3-12(6-10)17(20,21)22/h1-7,9,15,23H,8H2,(H,24,25,26)/t15-/m1/s1. The fourth-order valence-corrected chi connectivity index (χ4v) is 2.89. The van der Waals surface area contributed by atoms with Crippen LogP contribution in [0.1, 0.15) is 28.6 Å². The Balaban J connectivity index is 1.91. The Kier molecular flexibility index (Phi) is 5.50. The third-order valence-electron chi connectivity index (χ3n) is 3.76. The van der Waals surface area contributed by atoms with Gasteiger partial charge in [-0.1, -0.05) is 35.3 Å². The van der Waals surface area contributed by atoms with Gasteiger partial charge in [0.15, 0.2) is 0 Å². The summed E-state index contributed by atoms with van der Waals surface area (Å²) < 4.78 is 39.1. The third-order valence-corrected chi connectivity index (χ3v) is 4.36. The van der Waals surface area contributed by atoms with Crippen LogP contribution in [0.2, 0.25) is 10.0 Å². The minimum atomic E-state index is -4.43. The topological polar surface area (TPSA) is 53.6 Å². The molecule has 2 N–H and O–H groups in total. The van der Waals surface area contributed by atoms with Crippen LogP contribution < -0.4 is 5.32 Å². The molecule has 1 heterocycles. The first-order valence-electron chi connectivity index (χ1n) is 7.54. The van der Waals surface area contributed by atoms with Crippen molar-refractivity contribution in [1.82, 2.24) is 20.5 Å². The zero-order chi connectivity index (χ0) is 18.7. The summed E-state index contributed by atoms with van der Waals surface area (Å²) in [6.07, 6.45) is -3.14. The molecule has 0 aliphatic rings. The third kappa shape index (κ3) is 4.35. The van der Waals surface area contributed by atoms with Crippen LogP contribution in [0.5, 0.6) is 0 Å². The predicted octanol–water partition coefficient (Wildman–Crippen LogP) is 5.01. The quantitative estimate of drug-likeness (QED) is 0.632. The zero-order valence-electron chi connectivity index (χ0n) is 13.2. The highest BCUT2D eigenvalue weighted by molar-refractivity contribution is 6.33. The minimum Gasteiger partial charge on any atom is -0.299 e. The number of aromatic nitrogens is 3. The summed E-state index contributed by atoms with van der Waals surface area (Å²) in [5, 5.41) is 10.6. The van der Waals surface area contributed by atoms with Gasteiger partial charge >= 0.3 is 6.18 Å². The van der Waals surface area contributed by atoms with Crippen LogP contribution in [0.4, 0.5) is 13.2 Å². The van der Waals surface area contributed by atoms with Crippen molar-refractivity contribution in [3.63, 3.8) is 0 Å². The van der Waals surface area contributed by atoms with Crippen molar-refractivity contribution in [3.8, 4) is 0 Å². The Labute approximate surface area is 157 Å². The Hall–Kier alpha value is -2.09. The van der Waals surface area contributed by atoms with Crippen molar-refractivity contribution < 1.29 is 13.2 Å². The highest BCUT2D eigenvalue weighted by Gasteiger charge is 2.31. The van der Waals surface area contributed by atoms with Crippen molar-refractivity contribution in [1.29, 1.82) is 0 Å². The summed E-state index contributed by atoms with van der Waals surface area (Å²) in [6.45, 7) is 0.279. The van der Waals surface area contributed by atoms with E-state index in [4.69, 9.17) is 23.2 Å². The predicted molar refractivity (Wildman–Crippen MR) is 93.0 cm³/mol.